The Labute approximate surface area is 81.4 Å². The molecule has 0 aromatic carbocycles. The van der Waals surface area contributed by atoms with Crippen LogP contribution < -0.4 is 5.73 Å². The quantitative estimate of drug-likeness (QED) is 0.710. The number of aryl methyl sites for hydroxylation is 1. The minimum atomic E-state index is -0.0619. The Bertz CT molecular complexity index is 487. The molecule has 0 aliphatic rings. The minimum absolute atomic E-state index is 0.0376. The van der Waals surface area contributed by atoms with Gasteiger partial charge in [0.1, 0.15) is 5.65 Å². The van der Waals surface area contributed by atoms with Gasteiger partial charge in [-0.05, 0) is 19.1 Å². The van der Waals surface area contributed by atoms with Gasteiger partial charge in [-0.25, -0.2) is 4.98 Å². The Kier molecular flexibility index (Phi) is 2.05. The van der Waals surface area contributed by atoms with E-state index in [0.29, 0.717) is 5.56 Å². The van der Waals surface area contributed by atoms with Crippen LogP contribution >= 0.6 is 0 Å². The first-order chi connectivity index (χ1) is 6.70. The normalized spacial score (nSPS) is 10.7. The van der Waals surface area contributed by atoms with Crippen molar-refractivity contribution in [2.75, 3.05) is 6.54 Å². The van der Waals surface area contributed by atoms with Crippen LogP contribution in [0.25, 0.3) is 5.65 Å². The zero-order valence-corrected chi connectivity index (χ0v) is 7.90. The number of rotatable bonds is 2. The number of Topliss-reactive ketones (excluding diaryl/α,β-unsaturated/α-hetero) is 1. The number of nitrogens with zero attached hydrogens (tertiary/aromatic N) is 2. The van der Waals surface area contributed by atoms with Crippen molar-refractivity contribution in [2.24, 2.45) is 5.73 Å². The van der Waals surface area contributed by atoms with Gasteiger partial charge in [-0.2, -0.15) is 0 Å². The lowest BCUT2D eigenvalue weighted by molar-refractivity contribution is 0.100. The van der Waals surface area contributed by atoms with E-state index in [9.17, 15) is 4.79 Å². The number of pyridine rings is 1. The van der Waals surface area contributed by atoms with Gasteiger partial charge in [0.05, 0.1) is 12.2 Å². The van der Waals surface area contributed by atoms with Gasteiger partial charge < -0.3 is 10.1 Å². The molecule has 2 aromatic heterocycles. The van der Waals surface area contributed by atoms with E-state index in [-0.39, 0.29) is 12.3 Å². The Hall–Kier alpha value is -1.68. The zero-order valence-electron chi connectivity index (χ0n) is 7.90. The number of nitrogens with two attached hydrogens (primary N) is 1. The Morgan fingerprint density at radius 1 is 1.64 bits per heavy atom. The van der Waals surface area contributed by atoms with Crippen molar-refractivity contribution in [1.82, 2.24) is 9.38 Å². The van der Waals surface area contributed by atoms with Crippen molar-refractivity contribution in [3.05, 3.63) is 35.8 Å². The third kappa shape index (κ3) is 1.40. The number of ketones is 1. The summed E-state index contributed by atoms with van der Waals surface area (Å²) in [5.74, 6) is -0.0619. The molecule has 0 aliphatic carbocycles. The van der Waals surface area contributed by atoms with Crippen LogP contribution in [0.15, 0.2) is 24.5 Å². The summed E-state index contributed by atoms with van der Waals surface area (Å²) in [6, 6.07) is 3.51. The van der Waals surface area contributed by atoms with Gasteiger partial charge in [-0.15, -0.1) is 0 Å². The second-order valence-electron chi connectivity index (χ2n) is 3.19. The molecule has 0 aliphatic heterocycles. The summed E-state index contributed by atoms with van der Waals surface area (Å²) < 4.78 is 1.88. The smallest absolute Gasteiger partial charge is 0.176 e. The van der Waals surface area contributed by atoms with Crippen molar-refractivity contribution in [3.8, 4) is 0 Å². The van der Waals surface area contributed by atoms with Gasteiger partial charge in [-0.1, -0.05) is 0 Å². The molecular formula is C10H11N3O. The Morgan fingerprint density at radius 3 is 3.14 bits per heavy atom. The number of hydrogen-bond acceptors (Lipinski definition) is 3. The summed E-state index contributed by atoms with van der Waals surface area (Å²) in [7, 11) is 0. The molecule has 0 radical (unpaired) electrons. The molecular weight excluding hydrogens is 178 g/mol. The molecule has 0 spiro atoms. The topological polar surface area (TPSA) is 60.4 Å². The van der Waals surface area contributed by atoms with Crippen molar-refractivity contribution in [1.29, 1.82) is 0 Å². The van der Waals surface area contributed by atoms with Crippen LogP contribution in [-0.2, 0) is 0 Å². The van der Waals surface area contributed by atoms with Crippen LogP contribution in [0.5, 0.6) is 0 Å². The van der Waals surface area contributed by atoms with E-state index in [1.807, 2.05) is 23.7 Å². The monoisotopic (exact) mass is 189 g/mol. The maximum absolute atomic E-state index is 11.3. The van der Waals surface area contributed by atoms with Crippen molar-refractivity contribution < 1.29 is 4.79 Å². The molecule has 14 heavy (non-hydrogen) atoms. The molecule has 4 nitrogen and oxygen atoms in total. The highest BCUT2D eigenvalue weighted by Crippen LogP contribution is 2.07. The van der Waals surface area contributed by atoms with E-state index in [0.717, 1.165) is 11.3 Å². The number of hydrogen-bond donors (Lipinski definition) is 1. The lowest BCUT2D eigenvalue weighted by atomic mass is 10.2. The van der Waals surface area contributed by atoms with Crippen molar-refractivity contribution in [2.45, 2.75) is 6.92 Å². The van der Waals surface area contributed by atoms with E-state index in [2.05, 4.69) is 4.98 Å². The van der Waals surface area contributed by atoms with Gasteiger partial charge in [0, 0.05) is 18.0 Å². The van der Waals surface area contributed by atoms with Crippen LogP contribution in [0.2, 0.25) is 0 Å². The van der Waals surface area contributed by atoms with Crippen LogP contribution in [0.4, 0.5) is 0 Å². The fraction of sp³-hybridized carbons (Fsp3) is 0.200. The summed E-state index contributed by atoms with van der Waals surface area (Å²) in [5.41, 5.74) is 7.61. The van der Waals surface area contributed by atoms with Gasteiger partial charge in [0.2, 0.25) is 0 Å². The van der Waals surface area contributed by atoms with Gasteiger partial charge in [-0.3, -0.25) is 4.79 Å². The maximum Gasteiger partial charge on any atom is 0.176 e. The standard InChI is InChI=1S/C10H11N3O/c1-7-6-13-3-2-8(9(14)5-11)4-10(13)12-7/h2-4,6H,5,11H2,1H3. The van der Waals surface area contributed by atoms with E-state index in [1.165, 1.54) is 0 Å². The molecule has 0 saturated heterocycles. The summed E-state index contributed by atoms with van der Waals surface area (Å²) in [6.45, 7) is 1.95. The molecule has 2 rings (SSSR count). The summed E-state index contributed by atoms with van der Waals surface area (Å²) >= 11 is 0. The predicted molar refractivity (Wildman–Crippen MR) is 53.3 cm³/mol. The third-order valence-electron chi connectivity index (χ3n) is 2.09. The average Bonchev–Trinajstić information content (AvgIpc) is 2.55. The largest absolute Gasteiger partial charge is 0.324 e. The predicted octanol–water partition coefficient (Wildman–Crippen LogP) is 0.784. The first-order valence-corrected chi connectivity index (χ1v) is 4.39. The highest BCUT2D eigenvalue weighted by atomic mass is 16.1. The van der Waals surface area contributed by atoms with Crippen molar-refractivity contribution in [3.63, 3.8) is 0 Å². The molecule has 2 heterocycles. The number of carbonyl (C=O) groups is 1. The number of fused-ring (bicyclic) bond motifs is 1. The molecule has 0 bridgehead atoms. The van der Waals surface area contributed by atoms with Crippen LogP contribution in [0.3, 0.4) is 0 Å². The molecule has 0 amide bonds. The highest BCUT2D eigenvalue weighted by molar-refractivity contribution is 5.98. The fourth-order valence-corrected chi connectivity index (χ4v) is 1.40. The zero-order chi connectivity index (χ0) is 10.1. The molecule has 2 N–H and O–H groups in total. The van der Waals surface area contributed by atoms with Crippen LogP contribution in [0, 0.1) is 6.92 Å². The van der Waals surface area contributed by atoms with Gasteiger partial charge in [0.25, 0.3) is 0 Å². The van der Waals surface area contributed by atoms with Crippen LogP contribution in [0.1, 0.15) is 16.1 Å². The molecule has 0 unspecified atom stereocenters. The maximum atomic E-state index is 11.3. The molecule has 4 heteroatoms. The lowest BCUT2D eigenvalue weighted by Gasteiger charge is -1.98. The minimum Gasteiger partial charge on any atom is -0.324 e. The molecule has 0 saturated carbocycles. The Morgan fingerprint density at radius 2 is 2.43 bits per heavy atom. The molecule has 72 valence electrons. The third-order valence-corrected chi connectivity index (χ3v) is 2.09. The lowest BCUT2D eigenvalue weighted by Crippen LogP contribution is -2.13. The summed E-state index contributed by atoms with van der Waals surface area (Å²) in [6.07, 6.45) is 3.73. The molecule has 2 aromatic rings. The first kappa shape index (κ1) is 8.90. The second-order valence-corrected chi connectivity index (χ2v) is 3.19. The number of carbonyl (C=O) groups excluding carboxylic acids is 1. The van der Waals surface area contributed by atoms with E-state index in [4.69, 9.17) is 5.73 Å². The fourth-order valence-electron chi connectivity index (χ4n) is 1.40. The van der Waals surface area contributed by atoms with Crippen molar-refractivity contribution >= 4 is 11.4 Å². The second kappa shape index (κ2) is 3.23. The average molecular weight is 189 g/mol. The SMILES string of the molecule is Cc1cn2ccc(C(=O)CN)cc2n1. The highest BCUT2D eigenvalue weighted by Gasteiger charge is 2.05. The first-order valence-electron chi connectivity index (χ1n) is 4.39. The molecule has 0 atom stereocenters. The number of aromatic nitrogens is 2. The van der Waals surface area contributed by atoms with Crippen LogP contribution in [-0.4, -0.2) is 21.7 Å². The summed E-state index contributed by atoms with van der Waals surface area (Å²) in [4.78, 5) is 15.6. The van der Waals surface area contributed by atoms with Gasteiger partial charge >= 0.3 is 0 Å². The van der Waals surface area contributed by atoms with E-state index < -0.39 is 0 Å². The van der Waals surface area contributed by atoms with Gasteiger partial charge in [0.15, 0.2) is 5.78 Å². The molecule has 0 fully saturated rings. The Balaban J connectivity index is 2.55. The van der Waals surface area contributed by atoms with E-state index >= 15 is 0 Å². The number of imidazole rings is 1. The van der Waals surface area contributed by atoms with E-state index in [1.54, 1.807) is 12.1 Å². The summed E-state index contributed by atoms with van der Waals surface area (Å²) in [5, 5.41) is 0.